The molecule has 0 bridgehead atoms. The maximum atomic E-state index is 6.09. The molecule has 1 heterocycles. The fraction of sp³-hybridized carbons (Fsp3) is 0.733. The summed E-state index contributed by atoms with van der Waals surface area (Å²) in [6.45, 7) is 4.58. The Hall–Kier alpha value is -0.0500. The SMILES string of the molecule is CCCCCCC(C)NC1CCc2sc(Cl)cc21. The highest BCUT2D eigenvalue weighted by atomic mass is 35.5. The molecule has 0 spiro atoms. The highest BCUT2D eigenvalue weighted by molar-refractivity contribution is 7.16. The van der Waals surface area contributed by atoms with Crippen LogP contribution in [0.15, 0.2) is 6.07 Å². The third kappa shape index (κ3) is 3.72. The van der Waals surface area contributed by atoms with Crippen LogP contribution in [0, 0.1) is 0 Å². The fourth-order valence-electron chi connectivity index (χ4n) is 2.81. The molecule has 1 aliphatic rings. The lowest BCUT2D eigenvalue weighted by molar-refractivity contribution is 0.419. The van der Waals surface area contributed by atoms with Gasteiger partial charge in [-0.15, -0.1) is 11.3 Å². The Balaban J connectivity index is 1.76. The number of aryl methyl sites for hydroxylation is 1. The minimum absolute atomic E-state index is 0.546. The second-order valence-electron chi connectivity index (χ2n) is 5.44. The summed E-state index contributed by atoms with van der Waals surface area (Å²) in [6.07, 6.45) is 9.17. The van der Waals surface area contributed by atoms with Gasteiger partial charge in [0.2, 0.25) is 0 Å². The molecule has 1 aliphatic carbocycles. The average molecular weight is 286 g/mol. The van der Waals surface area contributed by atoms with Crippen molar-refractivity contribution in [3.8, 4) is 0 Å². The lowest BCUT2D eigenvalue weighted by Crippen LogP contribution is -2.29. The Bertz CT molecular complexity index is 375. The van der Waals surface area contributed by atoms with E-state index in [-0.39, 0.29) is 0 Å². The summed E-state index contributed by atoms with van der Waals surface area (Å²) in [5.74, 6) is 0. The minimum Gasteiger partial charge on any atom is -0.307 e. The molecule has 0 radical (unpaired) electrons. The minimum atomic E-state index is 0.546. The lowest BCUT2D eigenvalue weighted by atomic mass is 10.1. The predicted octanol–water partition coefficient (Wildman–Crippen LogP) is 5.34. The van der Waals surface area contributed by atoms with Crippen molar-refractivity contribution in [3.63, 3.8) is 0 Å². The fourth-order valence-corrected chi connectivity index (χ4v) is 4.16. The lowest BCUT2D eigenvalue weighted by Gasteiger charge is -2.19. The van der Waals surface area contributed by atoms with E-state index in [0.717, 1.165) is 4.34 Å². The van der Waals surface area contributed by atoms with Gasteiger partial charge in [-0.05, 0) is 37.8 Å². The van der Waals surface area contributed by atoms with Crippen LogP contribution in [0.3, 0.4) is 0 Å². The smallest absolute Gasteiger partial charge is 0.0934 e. The van der Waals surface area contributed by atoms with Gasteiger partial charge in [0.15, 0.2) is 0 Å². The maximum Gasteiger partial charge on any atom is 0.0934 e. The van der Waals surface area contributed by atoms with Crippen LogP contribution >= 0.6 is 22.9 Å². The molecule has 3 heteroatoms. The van der Waals surface area contributed by atoms with Crippen LogP contribution in [-0.2, 0) is 6.42 Å². The van der Waals surface area contributed by atoms with Crippen molar-refractivity contribution in [2.75, 3.05) is 0 Å². The molecule has 1 nitrogen and oxygen atoms in total. The van der Waals surface area contributed by atoms with Crippen molar-refractivity contribution in [1.82, 2.24) is 5.32 Å². The number of hydrogen-bond acceptors (Lipinski definition) is 2. The summed E-state index contributed by atoms with van der Waals surface area (Å²) in [5, 5.41) is 3.77. The maximum absolute atomic E-state index is 6.09. The Morgan fingerprint density at radius 1 is 1.44 bits per heavy atom. The van der Waals surface area contributed by atoms with Gasteiger partial charge in [-0.1, -0.05) is 44.2 Å². The molecule has 0 amide bonds. The first-order valence-electron chi connectivity index (χ1n) is 7.25. The zero-order chi connectivity index (χ0) is 13.0. The van der Waals surface area contributed by atoms with Crippen LogP contribution < -0.4 is 5.32 Å². The Labute approximate surface area is 120 Å². The highest BCUT2D eigenvalue weighted by Gasteiger charge is 2.25. The van der Waals surface area contributed by atoms with Gasteiger partial charge < -0.3 is 5.32 Å². The molecule has 1 aromatic rings. The molecule has 1 aromatic heterocycles. The average Bonchev–Trinajstić information content (AvgIpc) is 2.86. The quantitative estimate of drug-likeness (QED) is 0.667. The van der Waals surface area contributed by atoms with E-state index in [9.17, 15) is 0 Å². The van der Waals surface area contributed by atoms with E-state index < -0.39 is 0 Å². The molecule has 102 valence electrons. The number of halogens is 1. The third-order valence-corrected chi connectivity index (χ3v) is 5.16. The largest absolute Gasteiger partial charge is 0.307 e. The summed E-state index contributed by atoms with van der Waals surface area (Å²) in [5.41, 5.74) is 1.46. The molecule has 0 aliphatic heterocycles. The van der Waals surface area contributed by atoms with Crippen LogP contribution in [0.4, 0.5) is 0 Å². The van der Waals surface area contributed by atoms with Crippen molar-refractivity contribution >= 4 is 22.9 Å². The Morgan fingerprint density at radius 3 is 3.06 bits per heavy atom. The first-order valence-corrected chi connectivity index (χ1v) is 8.44. The van der Waals surface area contributed by atoms with Crippen LogP contribution in [-0.4, -0.2) is 6.04 Å². The normalized spacial score (nSPS) is 20.1. The van der Waals surface area contributed by atoms with Gasteiger partial charge in [0.25, 0.3) is 0 Å². The van der Waals surface area contributed by atoms with Crippen molar-refractivity contribution in [3.05, 3.63) is 20.8 Å². The van der Waals surface area contributed by atoms with Crippen LogP contribution in [0.2, 0.25) is 4.34 Å². The standard InChI is InChI=1S/C15H24ClNS/c1-3-4-5-6-7-11(2)17-13-8-9-14-12(13)10-15(16)18-14/h10-11,13,17H,3-9H2,1-2H3. The summed E-state index contributed by atoms with van der Waals surface area (Å²) in [6, 6.07) is 3.33. The zero-order valence-corrected chi connectivity index (χ0v) is 13.0. The summed E-state index contributed by atoms with van der Waals surface area (Å²) >= 11 is 7.85. The topological polar surface area (TPSA) is 12.0 Å². The number of hydrogen-bond donors (Lipinski definition) is 1. The number of unbranched alkanes of at least 4 members (excludes halogenated alkanes) is 3. The van der Waals surface area contributed by atoms with Gasteiger partial charge >= 0.3 is 0 Å². The summed E-state index contributed by atoms with van der Waals surface area (Å²) < 4.78 is 0.946. The van der Waals surface area contributed by atoms with Gasteiger partial charge in [0.1, 0.15) is 0 Å². The van der Waals surface area contributed by atoms with Gasteiger partial charge in [-0.3, -0.25) is 0 Å². The molecule has 0 fully saturated rings. The van der Waals surface area contributed by atoms with Gasteiger partial charge in [0, 0.05) is 17.0 Å². The first kappa shape index (κ1) is 14.4. The van der Waals surface area contributed by atoms with Crippen LogP contribution in [0.1, 0.15) is 68.9 Å². The zero-order valence-electron chi connectivity index (χ0n) is 11.5. The monoisotopic (exact) mass is 285 g/mol. The van der Waals surface area contributed by atoms with Crippen molar-refractivity contribution in [1.29, 1.82) is 0 Å². The van der Waals surface area contributed by atoms with Crippen LogP contribution in [0.5, 0.6) is 0 Å². The van der Waals surface area contributed by atoms with Gasteiger partial charge in [-0.25, -0.2) is 0 Å². The molecule has 18 heavy (non-hydrogen) atoms. The number of fused-ring (bicyclic) bond motifs is 1. The number of nitrogens with one attached hydrogen (secondary N) is 1. The van der Waals surface area contributed by atoms with E-state index in [4.69, 9.17) is 11.6 Å². The molecule has 0 aromatic carbocycles. The molecular formula is C15H24ClNS. The molecular weight excluding hydrogens is 262 g/mol. The molecule has 0 saturated carbocycles. The molecule has 2 atom stereocenters. The second kappa shape index (κ2) is 6.93. The number of rotatable bonds is 7. The van der Waals surface area contributed by atoms with E-state index in [1.807, 2.05) is 0 Å². The Kier molecular flexibility index (Phi) is 5.53. The number of thiophene rings is 1. The second-order valence-corrected chi connectivity index (χ2v) is 7.21. The van der Waals surface area contributed by atoms with Crippen LogP contribution in [0.25, 0.3) is 0 Å². The molecule has 2 rings (SSSR count). The van der Waals surface area contributed by atoms with Gasteiger partial charge in [0.05, 0.1) is 4.34 Å². The summed E-state index contributed by atoms with van der Waals surface area (Å²) in [7, 11) is 0. The van der Waals surface area contributed by atoms with Gasteiger partial charge in [-0.2, -0.15) is 0 Å². The molecule has 0 saturated heterocycles. The Morgan fingerprint density at radius 2 is 2.28 bits per heavy atom. The van der Waals surface area contributed by atoms with Crippen molar-refractivity contribution < 1.29 is 0 Å². The van der Waals surface area contributed by atoms with Crippen molar-refractivity contribution in [2.24, 2.45) is 0 Å². The highest BCUT2D eigenvalue weighted by Crippen LogP contribution is 2.39. The molecule has 1 N–H and O–H groups in total. The molecule has 2 unspecified atom stereocenters. The van der Waals surface area contributed by atoms with E-state index in [0.29, 0.717) is 12.1 Å². The van der Waals surface area contributed by atoms with E-state index in [1.165, 1.54) is 55.4 Å². The van der Waals surface area contributed by atoms with Crippen molar-refractivity contribution in [2.45, 2.75) is 70.9 Å². The van der Waals surface area contributed by atoms with E-state index >= 15 is 0 Å². The summed E-state index contributed by atoms with van der Waals surface area (Å²) in [4.78, 5) is 1.50. The predicted molar refractivity (Wildman–Crippen MR) is 81.7 cm³/mol. The van der Waals surface area contributed by atoms with E-state index in [2.05, 4.69) is 25.2 Å². The first-order chi connectivity index (χ1) is 8.70. The third-order valence-electron chi connectivity index (χ3n) is 3.82. The van der Waals surface area contributed by atoms with E-state index in [1.54, 1.807) is 11.3 Å².